The maximum absolute atomic E-state index is 11.9. The maximum atomic E-state index is 11.9. The molecule has 0 radical (unpaired) electrons. The van der Waals surface area contributed by atoms with E-state index in [1.165, 1.54) is 0 Å². The van der Waals surface area contributed by atoms with Gasteiger partial charge in [-0.15, -0.1) is 12.4 Å². The molecule has 114 valence electrons. The van der Waals surface area contributed by atoms with Crippen molar-refractivity contribution in [2.24, 2.45) is 11.1 Å². The Morgan fingerprint density at radius 3 is 2.25 bits per heavy atom. The van der Waals surface area contributed by atoms with Crippen molar-refractivity contribution >= 4 is 18.3 Å². The van der Waals surface area contributed by atoms with Gasteiger partial charge in [-0.1, -0.05) is 51.1 Å². The summed E-state index contributed by atoms with van der Waals surface area (Å²) >= 11 is 0. The molecule has 1 amide bonds. The summed E-state index contributed by atoms with van der Waals surface area (Å²) in [5.74, 6) is 0.0214. The molecule has 20 heavy (non-hydrogen) atoms. The molecular formula is C16H27ClN2O. The molecule has 0 saturated heterocycles. The van der Waals surface area contributed by atoms with Gasteiger partial charge >= 0.3 is 0 Å². The number of hydrogen-bond donors (Lipinski definition) is 2. The molecule has 3 nitrogen and oxygen atoms in total. The van der Waals surface area contributed by atoms with Crippen molar-refractivity contribution < 1.29 is 4.79 Å². The van der Waals surface area contributed by atoms with Gasteiger partial charge in [0.1, 0.15) is 0 Å². The molecule has 1 aromatic rings. The molecule has 0 heterocycles. The SMILES string of the molecule is CC(N)CC(=O)NC(CC(C)(C)C)c1ccccc1.Cl. The second kappa shape index (κ2) is 8.28. The number of halogens is 1. The molecule has 0 aliphatic heterocycles. The Hall–Kier alpha value is -1.06. The third-order valence-electron chi connectivity index (χ3n) is 2.86. The number of benzene rings is 1. The fourth-order valence-corrected chi connectivity index (χ4v) is 2.10. The van der Waals surface area contributed by atoms with Gasteiger partial charge < -0.3 is 11.1 Å². The lowest BCUT2D eigenvalue weighted by Crippen LogP contribution is -2.34. The van der Waals surface area contributed by atoms with E-state index in [1.807, 2.05) is 25.1 Å². The fraction of sp³-hybridized carbons (Fsp3) is 0.562. The summed E-state index contributed by atoms with van der Waals surface area (Å²) in [5.41, 5.74) is 6.98. The topological polar surface area (TPSA) is 55.1 Å². The molecule has 0 bridgehead atoms. The first-order valence-electron chi connectivity index (χ1n) is 6.88. The second-order valence-corrected chi connectivity index (χ2v) is 6.48. The van der Waals surface area contributed by atoms with Crippen LogP contribution in [0.4, 0.5) is 0 Å². The van der Waals surface area contributed by atoms with Crippen LogP contribution in [0.2, 0.25) is 0 Å². The zero-order chi connectivity index (χ0) is 14.5. The van der Waals surface area contributed by atoms with E-state index in [0.717, 1.165) is 12.0 Å². The first-order valence-corrected chi connectivity index (χ1v) is 6.88. The van der Waals surface area contributed by atoms with Crippen LogP contribution in [0.3, 0.4) is 0 Å². The Bertz CT molecular complexity index is 399. The Kier molecular flexibility index (Phi) is 7.84. The Morgan fingerprint density at radius 2 is 1.80 bits per heavy atom. The van der Waals surface area contributed by atoms with Gasteiger partial charge in [-0.05, 0) is 24.3 Å². The molecule has 1 aromatic carbocycles. The minimum Gasteiger partial charge on any atom is -0.349 e. The van der Waals surface area contributed by atoms with Crippen molar-refractivity contribution in [2.45, 2.75) is 52.6 Å². The van der Waals surface area contributed by atoms with Crippen LogP contribution in [0.1, 0.15) is 52.1 Å². The molecule has 0 fully saturated rings. The molecule has 0 aliphatic rings. The number of hydrogen-bond acceptors (Lipinski definition) is 2. The molecule has 1 rings (SSSR count). The molecule has 0 saturated carbocycles. The van der Waals surface area contributed by atoms with Crippen molar-refractivity contribution in [3.8, 4) is 0 Å². The van der Waals surface area contributed by atoms with Crippen LogP contribution in [0, 0.1) is 5.41 Å². The van der Waals surface area contributed by atoms with E-state index < -0.39 is 0 Å². The molecule has 0 aromatic heterocycles. The lowest BCUT2D eigenvalue weighted by atomic mass is 9.85. The van der Waals surface area contributed by atoms with E-state index in [9.17, 15) is 4.79 Å². The highest BCUT2D eigenvalue weighted by atomic mass is 35.5. The summed E-state index contributed by atoms with van der Waals surface area (Å²) in [5, 5.41) is 3.10. The minimum atomic E-state index is -0.105. The predicted molar refractivity (Wildman–Crippen MR) is 86.9 cm³/mol. The minimum absolute atomic E-state index is 0. The van der Waals surface area contributed by atoms with Gasteiger partial charge in [0.2, 0.25) is 5.91 Å². The van der Waals surface area contributed by atoms with Gasteiger partial charge in [-0.2, -0.15) is 0 Å². The average molecular weight is 299 g/mol. The van der Waals surface area contributed by atoms with E-state index in [-0.39, 0.29) is 35.8 Å². The van der Waals surface area contributed by atoms with Crippen LogP contribution in [0.5, 0.6) is 0 Å². The summed E-state index contributed by atoms with van der Waals surface area (Å²) in [4.78, 5) is 11.9. The van der Waals surface area contributed by atoms with Gasteiger partial charge in [-0.25, -0.2) is 0 Å². The van der Waals surface area contributed by atoms with Crippen molar-refractivity contribution in [1.29, 1.82) is 0 Å². The molecular weight excluding hydrogens is 272 g/mol. The van der Waals surface area contributed by atoms with Crippen LogP contribution in [0.25, 0.3) is 0 Å². The molecule has 2 atom stereocenters. The summed E-state index contributed by atoms with van der Waals surface area (Å²) in [6.07, 6.45) is 1.27. The highest BCUT2D eigenvalue weighted by molar-refractivity contribution is 5.85. The molecule has 4 heteroatoms. The van der Waals surface area contributed by atoms with Crippen LogP contribution in [-0.4, -0.2) is 11.9 Å². The summed E-state index contributed by atoms with van der Waals surface area (Å²) in [7, 11) is 0. The monoisotopic (exact) mass is 298 g/mol. The van der Waals surface area contributed by atoms with Gasteiger partial charge in [0.05, 0.1) is 6.04 Å². The van der Waals surface area contributed by atoms with E-state index >= 15 is 0 Å². The summed E-state index contributed by atoms with van der Waals surface area (Å²) in [6.45, 7) is 8.39. The van der Waals surface area contributed by atoms with E-state index in [0.29, 0.717) is 6.42 Å². The highest BCUT2D eigenvalue weighted by Crippen LogP contribution is 2.29. The van der Waals surface area contributed by atoms with Crippen LogP contribution < -0.4 is 11.1 Å². The van der Waals surface area contributed by atoms with Crippen LogP contribution in [0.15, 0.2) is 30.3 Å². The molecule has 2 unspecified atom stereocenters. The highest BCUT2D eigenvalue weighted by Gasteiger charge is 2.22. The quantitative estimate of drug-likeness (QED) is 0.875. The number of nitrogens with two attached hydrogens (primary N) is 1. The van der Waals surface area contributed by atoms with Gasteiger partial charge in [0.15, 0.2) is 0 Å². The summed E-state index contributed by atoms with van der Waals surface area (Å²) < 4.78 is 0. The first-order chi connectivity index (χ1) is 8.78. The van der Waals surface area contributed by atoms with E-state index in [2.05, 4.69) is 38.2 Å². The largest absolute Gasteiger partial charge is 0.349 e. The van der Waals surface area contributed by atoms with Gasteiger partial charge in [0, 0.05) is 12.5 Å². The molecule has 0 spiro atoms. The smallest absolute Gasteiger partial charge is 0.222 e. The van der Waals surface area contributed by atoms with Crippen molar-refractivity contribution in [2.75, 3.05) is 0 Å². The van der Waals surface area contributed by atoms with Gasteiger partial charge in [0.25, 0.3) is 0 Å². The van der Waals surface area contributed by atoms with E-state index in [4.69, 9.17) is 5.73 Å². The Morgan fingerprint density at radius 1 is 1.25 bits per heavy atom. The number of amides is 1. The third kappa shape index (κ3) is 7.51. The lowest BCUT2D eigenvalue weighted by Gasteiger charge is -2.27. The number of carbonyl (C=O) groups is 1. The average Bonchev–Trinajstić information content (AvgIpc) is 2.26. The van der Waals surface area contributed by atoms with Crippen LogP contribution >= 0.6 is 12.4 Å². The van der Waals surface area contributed by atoms with E-state index in [1.54, 1.807) is 0 Å². The fourth-order valence-electron chi connectivity index (χ4n) is 2.10. The number of rotatable bonds is 5. The zero-order valence-corrected chi connectivity index (χ0v) is 13.7. The lowest BCUT2D eigenvalue weighted by molar-refractivity contribution is -0.122. The number of carbonyl (C=O) groups excluding carboxylic acids is 1. The second-order valence-electron chi connectivity index (χ2n) is 6.48. The zero-order valence-electron chi connectivity index (χ0n) is 12.8. The standard InChI is InChI=1S/C16H26N2O.ClH/c1-12(17)10-15(19)18-14(11-16(2,3)4)13-8-6-5-7-9-13;/h5-9,12,14H,10-11,17H2,1-4H3,(H,18,19);1H. The first kappa shape index (κ1) is 18.9. The van der Waals surface area contributed by atoms with Crippen LogP contribution in [-0.2, 0) is 4.79 Å². The summed E-state index contributed by atoms with van der Waals surface area (Å²) in [6, 6.07) is 10.1. The third-order valence-corrected chi connectivity index (χ3v) is 2.86. The normalized spacial score (nSPS) is 14.1. The predicted octanol–water partition coefficient (Wildman–Crippen LogP) is 3.44. The number of nitrogens with one attached hydrogen (secondary N) is 1. The molecule has 3 N–H and O–H groups in total. The molecule has 0 aliphatic carbocycles. The maximum Gasteiger partial charge on any atom is 0.222 e. The van der Waals surface area contributed by atoms with Gasteiger partial charge in [-0.3, -0.25) is 4.79 Å². The van der Waals surface area contributed by atoms with Crippen molar-refractivity contribution in [3.63, 3.8) is 0 Å². The Balaban J connectivity index is 0.00000361. The van der Waals surface area contributed by atoms with Crippen molar-refractivity contribution in [1.82, 2.24) is 5.32 Å². The van der Waals surface area contributed by atoms with Crippen molar-refractivity contribution in [3.05, 3.63) is 35.9 Å². The Labute approximate surface area is 128 Å².